The molecular formula is C15H19N5O4S3. The zero-order chi connectivity index (χ0) is 20.0. The van der Waals surface area contributed by atoms with Gasteiger partial charge in [-0.2, -0.15) is 4.31 Å². The highest BCUT2D eigenvalue weighted by atomic mass is 32.2. The summed E-state index contributed by atoms with van der Waals surface area (Å²) >= 11 is 2.30. The number of amides is 2. The highest BCUT2D eigenvalue weighted by Gasteiger charge is 2.17. The average molecular weight is 430 g/mol. The quantitative estimate of drug-likeness (QED) is 0.481. The van der Waals surface area contributed by atoms with Crippen LogP contribution in [0, 0.1) is 6.92 Å². The first-order chi connectivity index (χ1) is 12.6. The minimum absolute atomic E-state index is 0.146. The van der Waals surface area contributed by atoms with Gasteiger partial charge in [0.15, 0.2) is 4.34 Å². The maximum atomic E-state index is 12.0. The molecule has 2 rings (SSSR count). The number of rotatable bonds is 8. The third-order valence-corrected chi connectivity index (χ3v) is 6.45. The van der Waals surface area contributed by atoms with E-state index >= 15 is 0 Å². The number of nitrogens with one attached hydrogen (secondary N) is 2. The highest BCUT2D eigenvalue weighted by molar-refractivity contribution is 8.01. The van der Waals surface area contributed by atoms with Gasteiger partial charge in [-0.1, -0.05) is 35.2 Å². The number of thioether (sulfide) groups is 1. The first-order valence-corrected chi connectivity index (χ1v) is 11.3. The molecule has 0 unspecified atom stereocenters. The molecule has 2 N–H and O–H groups in total. The molecule has 0 radical (unpaired) electrons. The predicted molar refractivity (Wildman–Crippen MR) is 107 cm³/mol. The average Bonchev–Trinajstić information content (AvgIpc) is 2.99. The van der Waals surface area contributed by atoms with Gasteiger partial charge in [-0.15, -0.1) is 10.2 Å². The highest BCUT2D eigenvalue weighted by Crippen LogP contribution is 2.25. The van der Waals surface area contributed by atoms with Gasteiger partial charge in [-0.25, -0.2) is 8.42 Å². The number of aromatic nitrogens is 2. The van der Waals surface area contributed by atoms with Crippen molar-refractivity contribution < 1.29 is 18.0 Å². The van der Waals surface area contributed by atoms with Crippen LogP contribution in [-0.2, 0) is 19.6 Å². The van der Waals surface area contributed by atoms with Gasteiger partial charge in [-0.3, -0.25) is 14.9 Å². The molecule has 0 aliphatic carbocycles. The summed E-state index contributed by atoms with van der Waals surface area (Å²) in [6, 6.07) is 7.48. The Morgan fingerprint density at radius 1 is 1.22 bits per heavy atom. The van der Waals surface area contributed by atoms with Crippen molar-refractivity contribution in [3.8, 4) is 0 Å². The molecule has 0 fully saturated rings. The first kappa shape index (κ1) is 21.3. The van der Waals surface area contributed by atoms with Crippen LogP contribution in [0.15, 0.2) is 28.6 Å². The molecule has 0 saturated carbocycles. The number of sulfonamides is 1. The van der Waals surface area contributed by atoms with E-state index in [1.54, 1.807) is 0 Å². The molecule has 1 heterocycles. The van der Waals surface area contributed by atoms with E-state index in [1.807, 2.05) is 31.2 Å². The summed E-state index contributed by atoms with van der Waals surface area (Å²) in [4.78, 5) is 23.8. The van der Waals surface area contributed by atoms with Crippen LogP contribution in [-0.4, -0.2) is 60.3 Å². The van der Waals surface area contributed by atoms with E-state index in [0.717, 1.165) is 33.1 Å². The van der Waals surface area contributed by atoms with E-state index in [2.05, 4.69) is 20.8 Å². The summed E-state index contributed by atoms with van der Waals surface area (Å²) in [7, 11) is -2.13. The van der Waals surface area contributed by atoms with Crippen LogP contribution in [0.2, 0.25) is 0 Å². The second-order valence-corrected chi connectivity index (χ2v) is 9.94. The molecule has 27 heavy (non-hydrogen) atoms. The van der Waals surface area contributed by atoms with Gasteiger partial charge in [-0.05, 0) is 24.6 Å². The second-order valence-electron chi connectivity index (χ2n) is 5.65. The van der Waals surface area contributed by atoms with E-state index in [4.69, 9.17) is 0 Å². The van der Waals surface area contributed by atoms with Crippen LogP contribution in [0.3, 0.4) is 0 Å². The van der Waals surface area contributed by atoms with Crippen LogP contribution in [0.5, 0.6) is 0 Å². The van der Waals surface area contributed by atoms with E-state index in [-0.39, 0.29) is 23.3 Å². The number of nitrogens with zero attached hydrogens (tertiary/aromatic N) is 3. The fourth-order valence-electron chi connectivity index (χ4n) is 1.84. The molecule has 0 spiro atoms. The van der Waals surface area contributed by atoms with Crippen LogP contribution in [0.25, 0.3) is 0 Å². The Bertz CT molecular complexity index is 929. The molecule has 0 saturated heterocycles. The lowest BCUT2D eigenvalue weighted by Crippen LogP contribution is -2.34. The number of carbonyl (C=O) groups excluding carboxylic acids is 2. The van der Waals surface area contributed by atoms with Crippen LogP contribution < -0.4 is 10.6 Å². The number of hydrogen-bond donors (Lipinski definition) is 2. The Kier molecular flexibility index (Phi) is 7.30. The molecule has 0 aliphatic rings. The van der Waals surface area contributed by atoms with Crippen molar-refractivity contribution in [2.24, 2.45) is 0 Å². The van der Waals surface area contributed by atoms with Crippen molar-refractivity contribution in [3.63, 3.8) is 0 Å². The van der Waals surface area contributed by atoms with E-state index in [0.29, 0.717) is 4.34 Å². The van der Waals surface area contributed by atoms with Crippen LogP contribution in [0.1, 0.15) is 5.56 Å². The summed E-state index contributed by atoms with van der Waals surface area (Å²) in [6.07, 6.45) is 1.02. The van der Waals surface area contributed by atoms with E-state index in [1.165, 1.54) is 18.8 Å². The van der Waals surface area contributed by atoms with Gasteiger partial charge in [0, 0.05) is 12.7 Å². The second kappa shape index (κ2) is 9.26. The Labute approximate surface area is 165 Å². The first-order valence-electron chi connectivity index (χ1n) is 7.67. The minimum atomic E-state index is -3.44. The van der Waals surface area contributed by atoms with Crippen molar-refractivity contribution in [2.45, 2.75) is 11.3 Å². The van der Waals surface area contributed by atoms with Crippen LogP contribution in [0.4, 0.5) is 10.8 Å². The molecule has 2 aromatic rings. The SMILES string of the molecule is Cc1cccc(NC(=O)CSc2nnc(NC(=O)CN(C)S(C)(=O)=O)s2)c1. The lowest BCUT2D eigenvalue weighted by Gasteiger charge is -2.12. The molecule has 9 nitrogen and oxygen atoms in total. The minimum Gasteiger partial charge on any atom is -0.325 e. The summed E-state index contributed by atoms with van der Waals surface area (Å²) < 4.78 is 24.0. The third kappa shape index (κ3) is 7.25. The van der Waals surface area contributed by atoms with Crippen LogP contribution >= 0.6 is 23.1 Å². The molecule has 12 heteroatoms. The van der Waals surface area contributed by atoms with Gasteiger partial charge >= 0.3 is 0 Å². The fourth-order valence-corrected chi connectivity index (χ4v) is 3.76. The van der Waals surface area contributed by atoms with Gasteiger partial charge in [0.2, 0.25) is 27.0 Å². The zero-order valence-corrected chi connectivity index (χ0v) is 17.4. The standard InChI is InChI=1S/C15H19N5O4S3/c1-10-5-4-6-11(7-10)16-13(22)9-25-15-19-18-14(26-15)17-12(21)8-20(2)27(3,23)24/h4-7H,8-9H2,1-3H3,(H,16,22)(H,17,18,21). The number of anilines is 2. The molecule has 1 aromatic carbocycles. The van der Waals surface area contributed by atoms with Crippen molar-refractivity contribution in [1.82, 2.24) is 14.5 Å². The molecule has 2 amide bonds. The molecule has 0 aliphatic heterocycles. The van der Waals surface area contributed by atoms with Crippen molar-refractivity contribution in [3.05, 3.63) is 29.8 Å². The molecular weight excluding hydrogens is 410 g/mol. The summed E-state index contributed by atoms with van der Waals surface area (Å²) in [5, 5.41) is 13.2. The molecule has 0 bridgehead atoms. The van der Waals surface area contributed by atoms with Gasteiger partial charge in [0.1, 0.15) is 0 Å². The summed E-state index contributed by atoms with van der Waals surface area (Å²) in [5.74, 6) is -0.554. The van der Waals surface area contributed by atoms with Gasteiger partial charge < -0.3 is 5.32 Å². The maximum Gasteiger partial charge on any atom is 0.241 e. The number of aryl methyl sites for hydroxylation is 1. The number of carbonyl (C=O) groups is 2. The summed E-state index contributed by atoms with van der Waals surface area (Å²) in [5.41, 5.74) is 1.77. The lowest BCUT2D eigenvalue weighted by atomic mass is 10.2. The monoisotopic (exact) mass is 429 g/mol. The van der Waals surface area contributed by atoms with Gasteiger partial charge in [0.05, 0.1) is 18.6 Å². The van der Waals surface area contributed by atoms with Gasteiger partial charge in [0.25, 0.3) is 0 Å². The Morgan fingerprint density at radius 3 is 2.63 bits per heavy atom. The third-order valence-electron chi connectivity index (χ3n) is 3.21. The lowest BCUT2D eigenvalue weighted by molar-refractivity contribution is -0.116. The Balaban J connectivity index is 1.81. The molecule has 146 valence electrons. The number of hydrogen-bond acceptors (Lipinski definition) is 8. The maximum absolute atomic E-state index is 12.0. The largest absolute Gasteiger partial charge is 0.325 e. The zero-order valence-electron chi connectivity index (χ0n) is 14.9. The normalized spacial score (nSPS) is 11.4. The smallest absolute Gasteiger partial charge is 0.241 e. The number of benzene rings is 1. The molecule has 0 atom stereocenters. The molecule has 1 aromatic heterocycles. The number of likely N-dealkylation sites (N-methyl/N-ethyl adjacent to an activating group) is 1. The topological polar surface area (TPSA) is 121 Å². The Morgan fingerprint density at radius 2 is 1.96 bits per heavy atom. The predicted octanol–water partition coefficient (Wildman–Crippen LogP) is 1.41. The van der Waals surface area contributed by atoms with Crippen molar-refractivity contribution >= 4 is 55.8 Å². The van der Waals surface area contributed by atoms with Crippen molar-refractivity contribution in [1.29, 1.82) is 0 Å². The fraction of sp³-hybridized carbons (Fsp3) is 0.333. The summed E-state index contributed by atoms with van der Waals surface area (Å²) in [6.45, 7) is 1.62. The van der Waals surface area contributed by atoms with Crippen molar-refractivity contribution in [2.75, 3.05) is 36.2 Å². The van der Waals surface area contributed by atoms with E-state index < -0.39 is 15.9 Å². The Hall–Kier alpha value is -2.02. The van der Waals surface area contributed by atoms with E-state index in [9.17, 15) is 18.0 Å².